The van der Waals surface area contributed by atoms with Crippen LogP contribution in [0.2, 0.25) is 0 Å². The number of rotatable bonds is 10. The van der Waals surface area contributed by atoms with Crippen molar-refractivity contribution in [2.24, 2.45) is 0 Å². The first-order valence-electron chi connectivity index (χ1n) is 7.22. The molecule has 20 heavy (non-hydrogen) atoms. The van der Waals surface area contributed by atoms with Gasteiger partial charge in [0.1, 0.15) is 0 Å². The van der Waals surface area contributed by atoms with Crippen molar-refractivity contribution in [3.8, 4) is 0 Å². The summed E-state index contributed by atoms with van der Waals surface area (Å²) in [5, 5.41) is 0. The number of hydrogen-bond donors (Lipinski definition) is 0. The van der Waals surface area contributed by atoms with Crippen molar-refractivity contribution in [1.82, 2.24) is 0 Å². The first-order chi connectivity index (χ1) is 8.86. The standard InChI is InChI=1S/C12H27P.F6P/c1-2-3-4-5-6-7-8-9-10-11-12-13;1-7(2,3,4,5)6/h2-13H2,1H3;/q;-1/p+1. The van der Waals surface area contributed by atoms with Gasteiger partial charge in [-0.25, -0.2) is 0 Å². The normalized spacial score (nSPS) is 15.2. The summed E-state index contributed by atoms with van der Waals surface area (Å²) >= 11 is 0. The Morgan fingerprint density at radius 1 is 0.600 bits per heavy atom. The Bertz CT molecular complexity index is 202. The van der Waals surface area contributed by atoms with Gasteiger partial charge in [-0.15, -0.1) is 0 Å². The fraction of sp³-hybridized carbons (Fsp3) is 1.00. The van der Waals surface area contributed by atoms with Crippen molar-refractivity contribution in [3.05, 3.63) is 0 Å². The monoisotopic (exact) mass is 348 g/mol. The molecular formula is C12H28F6P2. The average molecular weight is 348 g/mol. The number of halogens is 6. The SMILES string of the molecule is CCCCCCCCCCCC[PH3+].F[P-](F)(F)(F)(F)F. The van der Waals surface area contributed by atoms with Crippen molar-refractivity contribution in [2.45, 2.75) is 71.1 Å². The molecule has 0 aromatic rings. The Kier molecular flexibility index (Phi) is 10.7. The molecule has 0 fully saturated rings. The van der Waals surface area contributed by atoms with Crippen LogP contribution in [-0.2, 0) is 0 Å². The van der Waals surface area contributed by atoms with E-state index in [0.29, 0.717) is 0 Å². The molecule has 1 unspecified atom stereocenters. The predicted octanol–water partition coefficient (Wildman–Crippen LogP) is 7.90. The topological polar surface area (TPSA) is 0 Å². The van der Waals surface area contributed by atoms with Gasteiger partial charge < -0.3 is 0 Å². The molecule has 0 rings (SSSR count). The molecule has 128 valence electrons. The average Bonchev–Trinajstić information content (AvgIpc) is 2.23. The second kappa shape index (κ2) is 9.46. The number of unbranched alkanes of at least 4 members (excludes halogenated alkanes) is 9. The summed E-state index contributed by atoms with van der Waals surface area (Å²) in [6.45, 7) is 2.28. The maximum atomic E-state index is 9.87. The van der Waals surface area contributed by atoms with E-state index in [9.17, 15) is 25.2 Å². The van der Waals surface area contributed by atoms with Gasteiger partial charge in [0.2, 0.25) is 0 Å². The molecule has 0 N–H and O–H groups in total. The van der Waals surface area contributed by atoms with Gasteiger partial charge >= 0.3 is 33.0 Å². The van der Waals surface area contributed by atoms with E-state index in [1.807, 2.05) is 0 Å². The molecule has 0 nitrogen and oxygen atoms in total. The van der Waals surface area contributed by atoms with Crippen molar-refractivity contribution in [1.29, 1.82) is 0 Å². The Morgan fingerprint density at radius 2 is 0.850 bits per heavy atom. The van der Waals surface area contributed by atoms with E-state index in [-0.39, 0.29) is 0 Å². The first-order valence-corrected chi connectivity index (χ1v) is 10.2. The Morgan fingerprint density at radius 3 is 1.10 bits per heavy atom. The molecule has 0 amide bonds. The van der Waals surface area contributed by atoms with E-state index in [2.05, 4.69) is 16.2 Å². The summed E-state index contributed by atoms with van der Waals surface area (Å²) in [7, 11) is -8.55. The van der Waals surface area contributed by atoms with E-state index in [1.165, 1.54) is 70.4 Å². The van der Waals surface area contributed by atoms with Crippen LogP contribution in [0.3, 0.4) is 0 Å². The molecule has 0 spiro atoms. The molecule has 0 aromatic heterocycles. The van der Waals surface area contributed by atoms with Crippen molar-refractivity contribution in [2.75, 3.05) is 6.16 Å². The first kappa shape index (κ1) is 22.7. The molecule has 0 radical (unpaired) electrons. The van der Waals surface area contributed by atoms with E-state index >= 15 is 0 Å². The predicted molar refractivity (Wildman–Crippen MR) is 81.4 cm³/mol. The van der Waals surface area contributed by atoms with Crippen molar-refractivity contribution in [3.63, 3.8) is 0 Å². The number of hydrogen-bond acceptors (Lipinski definition) is 0. The molecular weight excluding hydrogens is 320 g/mol. The summed E-state index contributed by atoms with van der Waals surface area (Å²) in [4.78, 5) is 0. The second-order valence-electron chi connectivity index (χ2n) is 4.99. The third-order valence-corrected chi connectivity index (χ3v) is 3.10. The van der Waals surface area contributed by atoms with Crippen LogP contribution in [0.25, 0.3) is 0 Å². The van der Waals surface area contributed by atoms with Gasteiger partial charge in [-0.2, -0.15) is 0 Å². The van der Waals surface area contributed by atoms with Crippen LogP contribution in [0, 0.1) is 0 Å². The van der Waals surface area contributed by atoms with Crippen LogP contribution in [0.15, 0.2) is 0 Å². The molecule has 0 aromatic carbocycles. The van der Waals surface area contributed by atoms with Crippen LogP contribution in [-0.4, -0.2) is 6.16 Å². The molecule has 0 bridgehead atoms. The van der Waals surface area contributed by atoms with E-state index in [1.54, 1.807) is 0 Å². The van der Waals surface area contributed by atoms with E-state index in [0.717, 1.165) is 0 Å². The zero-order chi connectivity index (χ0) is 16.2. The van der Waals surface area contributed by atoms with Crippen LogP contribution < -0.4 is 0 Å². The van der Waals surface area contributed by atoms with Gasteiger partial charge in [-0.05, 0) is 22.1 Å². The third kappa shape index (κ3) is 51.5. The summed E-state index contributed by atoms with van der Waals surface area (Å²) in [5.74, 6) is 0. The molecule has 0 saturated heterocycles. The van der Waals surface area contributed by atoms with Crippen LogP contribution in [0.5, 0.6) is 0 Å². The molecule has 0 saturated carbocycles. The van der Waals surface area contributed by atoms with Gasteiger partial charge in [0.05, 0.1) is 6.16 Å². The molecule has 0 aliphatic heterocycles. The van der Waals surface area contributed by atoms with E-state index in [4.69, 9.17) is 0 Å². The maximum absolute atomic E-state index is 10.7. The summed E-state index contributed by atoms with van der Waals surface area (Å²) in [6.07, 6.45) is 16.0. The molecule has 0 aliphatic carbocycles. The zero-order valence-electron chi connectivity index (χ0n) is 12.2. The second-order valence-corrected chi connectivity index (χ2v) is 7.62. The zero-order valence-corrected chi connectivity index (χ0v) is 14.5. The molecule has 8 heteroatoms. The Hall–Kier alpha value is 0.440. The minimum absolute atomic E-state index is 1.37. The molecule has 0 aliphatic rings. The molecule has 1 atom stereocenters. The van der Waals surface area contributed by atoms with Gasteiger partial charge in [0, 0.05) is 0 Å². The Balaban J connectivity index is 0. The fourth-order valence-electron chi connectivity index (χ4n) is 1.66. The van der Waals surface area contributed by atoms with Crippen LogP contribution in [0.4, 0.5) is 25.2 Å². The summed E-state index contributed by atoms with van der Waals surface area (Å²) in [6, 6.07) is 0. The van der Waals surface area contributed by atoms with Crippen molar-refractivity contribution >= 4 is 17.0 Å². The van der Waals surface area contributed by atoms with Gasteiger partial charge in [0.15, 0.2) is 0 Å². The van der Waals surface area contributed by atoms with Gasteiger partial charge in [-0.3, -0.25) is 0 Å². The quantitative estimate of drug-likeness (QED) is 0.214. The molecule has 0 heterocycles. The van der Waals surface area contributed by atoms with Crippen LogP contribution in [0.1, 0.15) is 71.1 Å². The minimum atomic E-state index is -10.7. The van der Waals surface area contributed by atoms with Gasteiger partial charge in [0.25, 0.3) is 0 Å². The summed E-state index contributed by atoms with van der Waals surface area (Å²) < 4.78 is 59.2. The van der Waals surface area contributed by atoms with Gasteiger partial charge in [-0.1, -0.05) is 58.3 Å². The van der Waals surface area contributed by atoms with E-state index < -0.39 is 7.81 Å². The van der Waals surface area contributed by atoms with Crippen LogP contribution >= 0.6 is 17.0 Å². The third-order valence-electron chi connectivity index (χ3n) is 2.60. The Labute approximate surface area is 120 Å². The van der Waals surface area contributed by atoms with Crippen molar-refractivity contribution < 1.29 is 25.2 Å². The summed E-state index contributed by atoms with van der Waals surface area (Å²) in [5.41, 5.74) is 0. The fourth-order valence-corrected chi connectivity index (χ4v) is 2.02.